The molecule has 116 valence electrons. The van der Waals surface area contributed by atoms with E-state index in [1.54, 1.807) is 11.0 Å². The molecule has 0 spiro atoms. The predicted octanol–water partition coefficient (Wildman–Crippen LogP) is 3.68. The van der Waals surface area contributed by atoms with Crippen LogP contribution in [0.15, 0.2) is 58.5 Å². The lowest BCUT2D eigenvalue weighted by Gasteiger charge is -2.29. The molecule has 6 heteroatoms. The Morgan fingerprint density at radius 2 is 1.91 bits per heavy atom. The average molecular weight is 328 g/mol. The Balaban J connectivity index is 2.33. The lowest BCUT2D eigenvalue weighted by Crippen LogP contribution is -2.22. The van der Waals surface area contributed by atoms with Crippen LogP contribution in [0.5, 0.6) is 0 Å². The van der Waals surface area contributed by atoms with E-state index in [4.69, 9.17) is 0 Å². The van der Waals surface area contributed by atoms with E-state index >= 15 is 0 Å². The number of anilines is 2. The summed E-state index contributed by atoms with van der Waals surface area (Å²) in [5, 5.41) is 9.19. The van der Waals surface area contributed by atoms with Crippen LogP contribution in [0.4, 0.5) is 15.8 Å². The molecule has 2 aromatic rings. The Morgan fingerprint density at radius 3 is 2.61 bits per heavy atom. The van der Waals surface area contributed by atoms with Crippen molar-refractivity contribution in [1.29, 1.82) is 5.26 Å². The van der Waals surface area contributed by atoms with Crippen LogP contribution in [0, 0.1) is 17.1 Å². The molecule has 0 bridgehead atoms. The minimum absolute atomic E-state index is 0.192. The molecule has 23 heavy (non-hydrogen) atoms. The van der Waals surface area contributed by atoms with Gasteiger partial charge < -0.3 is 4.90 Å². The van der Waals surface area contributed by atoms with E-state index in [9.17, 15) is 18.1 Å². The maximum absolute atomic E-state index is 13.6. The molecule has 0 unspecified atom stereocenters. The number of nitrogens with zero attached hydrogens (tertiary/aromatic N) is 2. The summed E-state index contributed by atoms with van der Waals surface area (Å²) in [6.07, 6.45) is 2.04. The smallest absolute Gasteiger partial charge is 0.220 e. The molecular formula is C17H13FN2O2S. The minimum Gasteiger partial charge on any atom is -0.314 e. The monoisotopic (exact) mass is 328 g/mol. The highest BCUT2D eigenvalue weighted by atomic mass is 32.2. The second-order valence-electron chi connectivity index (χ2n) is 5.07. The predicted molar refractivity (Wildman–Crippen MR) is 85.2 cm³/mol. The molecule has 0 N–H and O–H groups in total. The number of allylic oxidation sites excluding steroid dienone is 1. The van der Waals surface area contributed by atoms with Crippen molar-refractivity contribution in [2.75, 3.05) is 4.90 Å². The van der Waals surface area contributed by atoms with Crippen LogP contribution in [-0.4, -0.2) is 8.42 Å². The fourth-order valence-electron chi connectivity index (χ4n) is 2.61. The molecule has 4 nitrogen and oxygen atoms in total. The molecule has 0 fully saturated rings. The van der Waals surface area contributed by atoms with E-state index in [1.807, 2.05) is 31.2 Å². The number of aryl methyl sites for hydroxylation is 1. The van der Waals surface area contributed by atoms with Gasteiger partial charge in [-0.25, -0.2) is 12.8 Å². The van der Waals surface area contributed by atoms with Gasteiger partial charge >= 0.3 is 0 Å². The van der Waals surface area contributed by atoms with E-state index in [0.29, 0.717) is 5.69 Å². The second-order valence-corrected chi connectivity index (χ2v) is 6.96. The number of rotatable bonds is 2. The summed E-state index contributed by atoms with van der Waals surface area (Å²) in [6.45, 7) is 1.99. The lowest BCUT2D eigenvalue weighted by atomic mass is 10.1. The fraction of sp³-hybridized carbons (Fsp3) is 0.118. The molecule has 2 aromatic carbocycles. The van der Waals surface area contributed by atoms with Gasteiger partial charge in [0.05, 0.1) is 10.6 Å². The Hall–Kier alpha value is -2.65. The van der Waals surface area contributed by atoms with Crippen molar-refractivity contribution in [3.8, 4) is 6.07 Å². The van der Waals surface area contributed by atoms with Gasteiger partial charge in [0.2, 0.25) is 9.84 Å². The number of hydrogen-bond donors (Lipinski definition) is 0. The topological polar surface area (TPSA) is 61.2 Å². The third kappa shape index (κ3) is 2.39. The van der Waals surface area contributed by atoms with Crippen LogP contribution < -0.4 is 4.90 Å². The SMILES string of the molecule is CCc1ccccc1N1C=C(C#N)S(=O)(=O)c2cc(F)ccc21. The van der Waals surface area contributed by atoms with Gasteiger partial charge in [-0.3, -0.25) is 0 Å². The van der Waals surface area contributed by atoms with E-state index in [2.05, 4.69) is 0 Å². The molecule has 0 aliphatic carbocycles. The minimum atomic E-state index is -4.00. The normalized spacial score (nSPS) is 15.5. The van der Waals surface area contributed by atoms with Crippen molar-refractivity contribution < 1.29 is 12.8 Å². The molecule has 1 aliphatic heterocycles. The molecule has 3 rings (SSSR count). The van der Waals surface area contributed by atoms with Crippen molar-refractivity contribution in [2.24, 2.45) is 0 Å². The van der Waals surface area contributed by atoms with Crippen LogP contribution in [-0.2, 0) is 16.3 Å². The number of sulfone groups is 1. The van der Waals surface area contributed by atoms with Gasteiger partial charge in [0, 0.05) is 11.9 Å². The van der Waals surface area contributed by atoms with Crippen LogP contribution >= 0.6 is 0 Å². The first-order chi connectivity index (χ1) is 11.0. The summed E-state index contributed by atoms with van der Waals surface area (Å²) in [4.78, 5) is 1.04. The summed E-state index contributed by atoms with van der Waals surface area (Å²) in [5.41, 5.74) is 2.10. The van der Waals surface area contributed by atoms with Gasteiger partial charge in [-0.15, -0.1) is 0 Å². The zero-order valence-corrected chi connectivity index (χ0v) is 13.1. The zero-order chi connectivity index (χ0) is 16.6. The summed E-state index contributed by atoms with van der Waals surface area (Å²) >= 11 is 0. The number of nitriles is 1. The Labute approximate surface area is 134 Å². The number of para-hydroxylation sites is 1. The van der Waals surface area contributed by atoms with Gasteiger partial charge in [-0.1, -0.05) is 25.1 Å². The number of benzene rings is 2. The molecule has 0 saturated carbocycles. The van der Waals surface area contributed by atoms with Crippen molar-refractivity contribution >= 4 is 21.2 Å². The highest BCUT2D eigenvalue weighted by Crippen LogP contribution is 2.40. The summed E-state index contributed by atoms with van der Waals surface area (Å²) in [6, 6.07) is 12.8. The number of halogens is 1. The van der Waals surface area contributed by atoms with Gasteiger partial charge in [0.15, 0.2) is 4.91 Å². The number of fused-ring (bicyclic) bond motifs is 1. The van der Waals surface area contributed by atoms with Crippen LogP contribution in [0.25, 0.3) is 0 Å². The van der Waals surface area contributed by atoms with Gasteiger partial charge in [0.25, 0.3) is 0 Å². The van der Waals surface area contributed by atoms with Crippen LogP contribution in [0.1, 0.15) is 12.5 Å². The van der Waals surface area contributed by atoms with E-state index in [1.165, 1.54) is 18.3 Å². The standard InChI is InChI=1S/C17H13FN2O2S/c1-2-12-5-3-4-6-15(12)20-11-14(10-19)23(21,22)17-9-13(18)7-8-16(17)20/h3-9,11H,2H2,1H3. The Kier molecular flexibility index (Phi) is 3.66. The van der Waals surface area contributed by atoms with Crippen molar-refractivity contribution in [3.05, 3.63) is 65.0 Å². The summed E-state index contributed by atoms with van der Waals surface area (Å²) in [7, 11) is -4.00. The Bertz CT molecular complexity index is 959. The molecule has 0 amide bonds. The van der Waals surface area contributed by atoms with Gasteiger partial charge in [0.1, 0.15) is 11.9 Å². The summed E-state index contributed by atoms with van der Waals surface area (Å²) < 4.78 is 38.4. The molecular weight excluding hydrogens is 315 g/mol. The van der Waals surface area contributed by atoms with Crippen LogP contribution in [0.2, 0.25) is 0 Å². The first-order valence-electron chi connectivity index (χ1n) is 7.02. The van der Waals surface area contributed by atoms with Crippen molar-refractivity contribution in [2.45, 2.75) is 18.2 Å². The van der Waals surface area contributed by atoms with E-state index in [-0.39, 0.29) is 4.90 Å². The first-order valence-corrected chi connectivity index (χ1v) is 8.51. The largest absolute Gasteiger partial charge is 0.314 e. The second kappa shape index (κ2) is 5.52. The third-order valence-electron chi connectivity index (χ3n) is 3.75. The Morgan fingerprint density at radius 1 is 1.17 bits per heavy atom. The maximum atomic E-state index is 13.6. The van der Waals surface area contributed by atoms with Crippen molar-refractivity contribution in [1.82, 2.24) is 0 Å². The fourth-order valence-corrected chi connectivity index (χ4v) is 3.92. The quantitative estimate of drug-likeness (QED) is 0.844. The molecule has 0 radical (unpaired) electrons. The van der Waals surface area contributed by atoms with Gasteiger partial charge in [-0.2, -0.15) is 5.26 Å². The van der Waals surface area contributed by atoms with Crippen LogP contribution in [0.3, 0.4) is 0 Å². The average Bonchev–Trinajstić information content (AvgIpc) is 2.55. The molecule has 1 aliphatic rings. The molecule has 0 aromatic heterocycles. The highest BCUT2D eigenvalue weighted by Gasteiger charge is 2.32. The zero-order valence-electron chi connectivity index (χ0n) is 12.3. The maximum Gasteiger partial charge on any atom is 0.220 e. The number of hydrogen-bond acceptors (Lipinski definition) is 4. The molecule has 0 saturated heterocycles. The molecule has 1 heterocycles. The first kappa shape index (κ1) is 15.3. The van der Waals surface area contributed by atoms with E-state index in [0.717, 1.165) is 23.7 Å². The summed E-state index contributed by atoms with van der Waals surface area (Å²) in [5.74, 6) is -0.657. The highest BCUT2D eigenvalue weighted by molar-refractivity contribution is 7.95. The van der Waals surface area contributed by atoms with Gasteiger partial charge in [-0.05, 0) is 36.2 Å². The lowest BCUT2D eigenvalue weighted by molar-refractivity contribution is 0.596. The van der Waals surface area contributed by atoms with Crippen molar-refractivity contribution in [3.63, 3.8) is 0 Å². The van der Waals surface area contributed by atoms with E-state index < -0.39 is 20.6 Å². The molecule has 0 atom stereocenters. The third-order valence-corrected chi connectivity index (χ3v) is 5.43.